The van der Waals surface area contributed by atoms with Crippen LogP contribution in [0.2, 0.25) is 0 Å². The fraction of sp³-hybridized carbons (Fsp3) is 0.286. The number of benzene rings is 2. The van der Waals surface area contributed by atoms with Gasteiger partial charge in [-0.05, 0) is 44.5 Å². The summed E-state index contributed by atoms with van der Waals surface area (Å²) in [7, 11) is 0. The first-order valence-corrected chi connectivity index (χ1v) is 11.2. The molecule has 0 radical (unpaired) electrons. The molecule has 0 bridgehead atoms. The Kier molecular flexibility index (Phi) is 6.10. The second-order valence-electron chi connectivity index (χ2n) is 6.92. The van der Waals surface area contributed by atoms with Gasteiger partial charge < -0.3 is 20.1 Å². The molecular formula is C21H22N4O3S2. The molecule has 1 aromatic heterocycles. The molecule has 0 spiro atoms. The maximum Gasteiger partial charge on any atom is 0.237 e. The van der Waals surface area contributed by atoms with Gasteiger partial charge in [0.25, 0.3) is 0 Å². The van der Waals surface area contributed by atoms with E-state index in [1.165, 1.54) is 28.7 Å². The predicted octanol–water partition coefficient (Wildman–Crippen LogP) is 4.79. The van der Waals surface area contributed by atoms with Crippen molar-refractivity contribution in [2.24, 2.45) is 0 Å². The second-order valence-corrected chi connectivity index (χ2v) is 9.49. The molecule has 0 unspecified atom stereocenters. The van der Waals surface area contributed by atoms with Crippen molar-refractivity contribution in [3.05, 3.63) is 47.5 Å². The van der Waals surface area contributed by atoms with Gasteiger partial charge in [-0.1, -0.05) is 40.8 Å². The average molecular weight is 443 g/mol. The lowest BCUT2D eigenvalue weighted by molar-refractivity contribution is -0.115. The van der Waals surface area contributed by atoms with Crippen LogP contribution in [0.4, 0.5) is 16.5 Å². The minimum Gasteiger partial charge on any atom is -0.486 e. The highest BCUT2D eigenvalue weighted by molar-refractivity contribution is 8.02. The zero-order chi connectivity index (χ0) is 21.1. The van der Waals surface area contributed by atoms with Gasteiger partial charge in [0.15, 0.2) is 15.8 Å². The van der Waals surface area contributed by atoms with Gasteiger partial charge in [-0.2, -0.15) is 0 Å². The number of carbonyl (C=O) groups is 1. The molecule has 2 aromatic carbocycles. The summed E-state index contributed by atoms with van der Waals surface area (Å²) < 4.78 is 11.8. The zero-order valence-corrected chi connectivity index (χ0v) is 18.5. The molecule has 0 saturated heterocycles. The Labute approximate surface area is 183 Å². The van der Waals surface area contributed by atoms with Crippen LogP contribution in [-0.4, -0.2) is 34.6 Å². The van der Waals surface area contributed by atoms with Crippen molar-refractivity contribution in [3.63, 3.8) is 0 Å². The quantitative estimate of drug-likeness (QED) is 0.531. The van der Waals surface area contributed by atoms with Crippen molar-refractivity contribution in [1.29, 1.82) is 0 Å². The van der Waals surface area contributed by atoms with Crippen molar-refractivity contribution in [2.75, 3.05) is 23.8 Å². The fourth-order valence-corrected chi connectivity index (χ4v) is 4.86. The van der Waals surface area contributed by atoms with E-state index in [4.69, 9.17) is 9.47 Å². The standard InChI is InChI=1S/C21H22N4O3S2/c1-12-4-6-16(13(2)10-12)23-20-24-25-21(30-20)29-14(3)19(26)22-15-5-7-17-18(11-15)28-9-8-27-17/h4-7,10-11,14H,8-9H2,1-3H3,(H,22,26)(H,23,24)/t14-/m1/s1. The Morgan fingerprint density at radius 3 is 2.70 bits per heavy atom. The van der Waals surface area contributed by atoms with Gasteiger partial charge in [0.1, 0.15) is 13.2 Å². The number of nitrogens with one attached hydrogen (secondary N) is 2. The number of fused-ring (bicyclic) bond motifs is 1. The second kappa shape index (κ2) is 8.93. The summed E-state index contributed by atoms with van der Waals surface area (Å²) in [6.45, 7) is 7.00. The molecule has 1 aliphatic rings. The van der Waals surface area contributed by atoms with Gasteiger partial charge in [-0.15, -0.1) is 10.2 Å². The number of rotatable bonds is 6. The van der Waals surface area contributed by atoms with E-state index in [1.807, 2.05) is 13.0 Å². The topological polar surface area (TPSA) is 85.4 Å². The molecule has 2 heterocycles. The van der Waals surface area contributed by atoms with E-state index in [-0.39, 0.29) is 11.2 Å². The molecular weight excluding hydrogens is 420 g/mol. The number of hydrogen-bond acceptors (Lipinski definition) is 8. The summed E-state index contributed by atoms with van der Waals surface area (Å²) >= 11 is 2.80. The number of anilines is 3. The summed E-state index contributed by atoms with van der Waals surface area (Å²) in [6.07, 6.45) is 0. The van der Waals surface area contributed by atoms with Crippen molar-refractivity contribution < 1.29 is 14.3 Å². The van der Waals surface area contributed by atoms with E-state index in [1.54, 1.807) is 18.2 Å². The Morgan fingerprint density at radius 2 is 1.90 bits per heavy atom. The van der Waals surface area contributed by atoms with Gasteiger partial charge in [0, 0.05) is 17.4 Å². The fourth-order valence-electron chi connectivity index (χ4n) is 2.95. The molecule has 1 aliphatic heterocycles. The van der Waals surface area contributed by atoms with E-state index in [9.17, 15) is 4.79 Å². The van der Waals surface area contributed by atoms with Crippen LogP contribution in [0.1, 0.15) is 18.1 Å². The highest BCUT2D eigenvalue weighted by atomic mass is 32.2. The Hall–Kier alpha value is -2.78. The number of aryl methyl sites for hydroxylation is 2. The minimum absolute atomic E-state index is 0.115. The van der Waals surface area contributed by atoms with Crippen LogP contribution < -0.4 is 20.1 Å². The van der Waals surface area contributed by atoms with Crippen molar-refractivity contribution in [1.82, 2.24) is 10.2 Å². The summed E-state index contributed by atoms with van der Waals surface area (Å²) in [5.41, 5.74) is 4.03. The van der Waals surface area contributed by atoms with Crippen molar-refractivity contribution in [2.45, 2.75) is 30.4 Å². The number of nitrogens with zero attached hydrogens (tertiary/aromatic N) is 2. The molecule has 0 aliphatic carbocycles. The molecule has 2 N–H and O–H groups in total. The zero-order valence-electron chi connectivity index (χ0n) is 16.9. The highest BCUT2D eigenvalue weighted by Gasteiger charge is 2.19. The number of amides is 1. The summed E-state index contributed by atoms with van der Waals surface area (Å²) in [6, 6.07) is 11.6. The normalized spacial score (nSPS) is 13.6. The summed E-state index contributed by atoms with van der Waals surface area (Å²) in [4.78, 5) is 12.6. The molecule has 0 fully saturated rings. The average Bonchev–Trinajstić information content (AvgIpc) is 3.17. The first kappa shape index (κ1) is 20.5. The number of thioether (sulfide) groups is 1. The van der Waals surface area contributed by atoms with E-state index in [2.05, 4.69) is 46.8 Å². The maximum atomic E-state index is 12.6. The minimum atomic E-state index is -0.333. The molecule has 30 heavy (non-hydrogen) atoms. The smallest absolute Gasteiger partial charge is 0.237 e. The lowest BCUT2D eigenvalue weighted by Gasteiger charge is -2.19. The number of carbonyl (C=O) groups excluding carboxylic acids is 1. The van der Waals surface area contributed by atoms with Gasteiger partial charge in [0.05, 0.1) is 5.25 Å². The Balaban J connectivity index is 1.35. The van der Waals surface area contributed by atoms with Crippen LogP contribution in [-0.2, 0) is 4.79 Å². The molecule has 7 nitrogen and oxygen atoms in total. The Bertz CT molecular complexity index is 1070. The molecule has 3 aromatic rings. The number of hydrogen-bond donors (Lipinski definition) is 2. The highest BCUT2D eigenvalue weighted by Crippen LogP contribution is 2.34. The van der Waals surface area contributed by atoms with E-state index < -0.39 is 0 Å². The van der Waals surface area contributed by atoms with Gasteiger partial charge in [0.2, 0.25) is 11.0 Å². The first-order chi connectivity index (χ1) is 14.5. The lowest BCUT2D eigenvalue weighted by Crippen LogP contribution is -2.22. The lowest BCUT2D eigenvalue weighted by atomic mass is 10.1. The van der Waals surface area contributed by atoms with E-state index in [0.717, 1.165) is 15.6 Å². The van der Waals surface area contributed by atoms with Crippen LogP contribution in [0.25, 0.3) is 0 Å². The van der Waals surface area contributed by atoms with Gasteiger partial charge in [-0.25, -0.2) is 0 Å². The maximum absolute atomic E-state index is 12.6. The number of ether oxygens (including phenoxy) is 2. The molecule has 1 amide bonds. The molecule has 156 valence electrons. The van der Waals surface area contributed by atoms with Crippen molar-refractivity contribution >= 4 is 45.5 Å². The Morgan fingerprint density at radius 1 is 1.10 bits per heavy atom. The van der Waals surface area contributed by atoms with Crippen LogP contribution >= 0.6 is 23.1 Å². The van der Waals surface area contributed by atoms with Crippen LogP contribution in [0.5, 0.6) is 11.5 Å². The summed E-state index contributed by atoms with van der Waals surface area (Å²) in [5, 5.41) is 15.0. The third kappa shape index (κ3) is 4.85. The first-order valence-electron chi connectivity index (χ1n) is 9.53. The number of aromatic nitrogens is 2. The van der Waals surface area contributed by atoms with Crippen LogP contribution in [0.3, 0.4) is 0 Å². The summed E-state index contributed by atoms with van der Waals surface area (Å²) in [5.74, 6) is 1.22. The van der Waals surface area contributed by atoms with Crippen molar-refractivity contribution in [3.8, 4) is 11.5 Å². The van der Waals surface area contributed by atoms with Crippen LogP contribution in [0.15, 0.2) is 40.7 Å². The SMILES string of the molecule is Cc1ccc(Nc2nnc(S[C@H](C)C(=O)Nc3ccc4c(c3)OCCO4)s2)c(C)c1. The van der Waals surface area contributed by atoms with E-state index >= 15 is 0 Å². The third-order valence-corrected chi connectivity index (χ3v) is 6.51. The van der Waals surface area contributed by atoms with Gasteiger partial charge >= 0.3 is 0 Å². The predicted molar refractivity (Wildman–Crippen MR) is 120 cm³/mol. The third-order valence-electron chi connectivity index (χ3n) is 4.49. The molecule has 9 heteroatoms. The van der Waals surface area contributed by atoms with E-state index in [0.29, 0.717) is 35.5 Å². The van der Waals surface area contributed by atoms with Crippen LogP contribution in [0, 0.1) is 13.8 Å². The largest absolute Gasteiger partial charge is 0.486 e. The monoisotopic (exact) mass is 442 g/mol. The molecule has 4 rings (SSSR count). The molecule has 0 saturated carbocycles. The molecule has 1 atom stereocenters. The van der Waals surface area contributed by atoms with Gasteiger partial charge in [-0.3, -0.25) is 4.79 Å².